The average Bonchev–Trinajstić information content (AvgIpc) is 2.72. The third-order valence-electron chi connectivity index (χ3n) is 3.33. The molecule has 0 aromatic carbocycles. The summed E-state index contributed by atoms with van der Waals surface area (Å²) in [4.78, 5) is 4.45. The van der Waals surface area contributed by atoms with E-state index in [1.165, 1.54) is 0 Å². The molecule has 2 rings (SSSR count). The van der Waals surface area contributed by atoms with Gasteiger partial charge in [0.25, 0.3) is 0 Å². The Balaban J connectivity index is 2.42. The molecule has 1 N–H and O–H groups in total. The van der Waals surface area contributed by atoms with Crippen LogP contribution in [0.2, 0.25) is 0 Å². The summed E-state index contributed by atoms with van der Waals surface area (Å²) in [6.45, 7) is 10.7. The smallest absolute Gasteiger partial charge is 0.152 e. The lowest BCUT2D eigenvalue weighted by Crippen LogP contribution is -2.31. The standard InChI is InChI=1S/C15H23ClN4/c1-14(2,3)12-10-11-13(17-8-9-20(11)19-12)18-15(4,5)6-7-16/h8-10H,6-7H2,1-5H3,(H,17,18). The van der Waals surface area contributed by atoms with E-state index >= 15 is 0 Å². The molecular weight excluding hydrogens is 272 g/mol. The lowest BCUT2D eigenvalue weighted by molar-refractivity contribution is 0.548. The molecule has 0 aliphatic heterocycles. The first-order chi connectivity index (χ1) is 9.23. The molecule has 0 saturated carbocycles. The molecule has 0 atom stereocenters. The lowest BCUT2D eigenvalue weighted by atomic mass is 9.92. The fourth-order valence-electron chi connectivity index (χ4n) is 2.00. The number of hydrogen-bond acceptors (Lipinski definition) is 3. The predicted molar refractivity (Wildman–Crippen MR) is 84.7 cm³/mol. The minimum Gasteiger partial charge on any atom is -0.363 e. The van der Waals surface area contributed by atoms with Crippen molar-refractivity contribution < 1.29 is 0 Å². The van der Waals surface area contributed by atoms with E-state index in [0.717, 1.165) is 23.4 Å². The highest BCUT2D eigenvalue weighted by Crippen LogP contribution is 2.26. The maximum absolute atomic E-state index is 5.86. The van der Waals surface area contributed by atoms with E-state index in [1.54, 1.807) is 6.20 Å². The van der Waals surface area contributed by atoms with Gasteiger partial charge in [-0.2, -0.15) is 5.10 Å². The van der Waals surface area contributed by atoms with Crippen LogP contribution in [-0.2, 0) is 5.41 Å². The Morgan fingerprint density at radius 2 is 1.95 bits per heavy atom. The van der Waals surface area contributed by atoms with Crippen LogP contribution in [0, 0.1) is 0 Å². The van der Waals surface area contributed by atoms with Gasteiger partial charge >= 0.3 is 0 Å². The number of aromatic nitrogens is 3. The first-order valence-corrected chi connectivity index (χ1v) is 7.45. The van der Waals surface area contributed by atoms with E-state index in [2.05, 4.69) is 56.1 Å². The quantitative estimate of drug-likeness (QED) is 0.871. The second-order valence-electron chi connectivity index (χ2n) is 6.83. The highest BCUT2D eigenvalue weighted by molar-refractivity contribution is 6.17. The molecule has 2 aromatic rings. The zero-order chi connectivity index (χ0) is 15.0. The molecule has 0 saturated heterocycles. The van der Waals surface area contributed by atoms with Crippen LogP contribution in [0.15, 0.2) is 18.5 Å². The van der Waals surface area contributed by atoms with Gasteiger partial charge in [-0.05, 0) is 26.3 Å². The number of hydrogen-bond donors (Lipinski definition) is 1. The number of halogens is 1. The normalized spacial score (nSPS) is 12.9. The van der Waals surface area contributed by atoms with Crippen molar-refractivity contribution in [3.8, 4) is 0 Å². The third-order valence-corrected chi connectivity index (χ3v) is 3.52. The summed E-state index contributed by atoms with van der Waals surface area (Å²) in [5.41, 5.74) is 1.99. The van der Waals surface area contributed by atoms with Crippen molar-refractivity contribution in [2.45, 2.75) is 52.0 Å². The summed E-state index contributed by atoms with van der Waals surface area (Å²) in [5, 5.41) is 8.10. The second kappa shape index (κ2) is 5.24. The van der Waals surface area contributed by atoms with Crippen LogP contribution >= 0.6 is 11.6 Å². The number of anilines is 1. The Morgan fingerprint density at radius 3 is 2.55 bits per heavy atom. The zero-order valence-corrected chi connectivity index (χ0v) is 13.6. The molecule has 0 fully saturated rings. The largest absolute Gasteiger partial charge is 0.363 e. The van der Waals surface area contributed by atoms with Crippen molar-refractivity contribution in [1.82, 2.24) is 14.6 Å². The summed E-state index contributed by atoms with van der Waals surface area (Å²) < 4.78 is 1.88. The van der Waals surface area contributed by atoms with E-state index in [1.807, 2.05) is 10.7 Å². The second-order valence-corrected chi connectivity index (χ2v) is 7.21. The highest BCUT2D eigenvalue weighted by atomic mass is 35.5. The predicted octanol–water partition coefficient (Wildman–Crippen LogP) is 3.85. The molecule has 0 aliphatic carbocycles. The van der Waals surface area contributed by atoms with Crippen LogP contribution in [0.1, 0.15) is 46.7 Å². The Kier molecular flexibility index (Phi) is 3.96. The number of fused-ring (bicyclic) bond motifs is 1. The zero-order valence-electron chi connectivity index (χ0n) is 12.9. The van der Waals surface area contributed by atoms with Gasteiger partial charge in [-0.1, -0.05) is 20.8 Å². The lowest BCUT2D eigenvalue weighted by Gasteiger charge is -2.26. The Morgan fingerprint density at radius 1 is 1.25 bits per heavy atom. The van der Waals surface area contributed by atoms with Crippen molar-refractivity contribution >= 4 is 22.9 Å². The van der Waals surface area contributed by atoms with Gasteiger partial charge in [0.15, 0.2) is 5.82 Å². The van der Waals surface area contributed by atoms with Crippen molar-refractivity contribution in [3.63, 3.8) is 0 Å². The summed E-state index contributed by atoms with van der Waals surface area (Å²) >= 11 is 5.86. The van der Waals surface area contributed by atoms with Gasteiger partial charge in [-0.3, -0.25) is 0 Å². The summed E-state index contributed by atoms with van der Waals surface area (Å²) in [7, 11) is 0. The molecule has 0 radical (unpaired) electrons. The van der Waals surface area contributed by atoms with Crippen LogP contribution in [0.5, 0.6) is 0 Å². The summed E-state index contributed by atoms with van der Waals surface area (Å²) in [5.74, 6) is 1.47. The van der Waals surface area contributed by atoms with Crippen molar-refractivity contribution in [1.29, 1.82) is 0 Å². The van der Waals surface area contributed by atoms with Crippen LogP contribution in [0.4, 0.5) is 5.82 Å². The van der Waals surface area contributed by atoms with Crippen LogP contribution < -0.4 is 5.32 Å². The fourth-order valence-corrected chi connectivity index (χ4v) is 2.48. The van der Waals surface area contributed by atoms with Crippen LogP contribution in [0.3, 0.4) is 0 Å². The first-order valence-electron chi connectivity index (χ1n) is 6.92. The number of nitrogens with zero attached hydrogens (tertiary/aromatic N) is 3. The molecule has 2 heterocycles. The molecule has 0 aliphatic rings. The van der Waals surface area contributed by atoms with E-state index in [4.69, 9.17) is 11.6 Å². The Labute approximate surface area is 125 Å². The minimum atomic E-state index is -0.0945. The molecule has 2 aromatic heterocycles. The van der Waals surface area contributed by atoms with Crippen molar-refractivity contribution in [2.24, 2.45) is 0 Å². The van der Waals surface area contributed by atoms with Crippen LogP contribution in [0.25, 0.3) is 5.52 Å². The van der Waals surface area contributed by atoms with Crippen molar-refractivity contribution in [2.75, 3.05) is 11.2 Å². The average molecular weight is 295 g/mol. The Bertz CT molecular complexity index is 595. The number of nitrogens with one attached hydrogen (secondary N) is 1. The minimum absolute atomic E-state index is 0.0228. The van der Waals surface area contributed by atoms with Gasteiger partial charge in [0.2, 0.25) is 0 Å². The summed E-state index contributed by atoms with van der Waals surface area (Å²) in [6.07, 6.45) is 4.52. The molecule has 5 heteroatoms. The molecule has 0 spiro atoms. The molecule has 4 nitrogen and oxygen atoms in total. The fraction of sp³-hybridized carbons (Fsp3) is 0.600. The Hall–Kier alpha value is -1.29. The molecule has 20 heavy (non-hydrogen) atoms. The van der Waals surface area contributed by atoms with Gasteiger partial charge in [-0.25, -0.2) is 9.50 Å². The van der Waals surface area contributed by atoms with Gasteiger partial charge in [-0.15, -0.1) is 11.6 Å². The third kappa shape index (κ3) is 3.23. The van der Waals surface area contributed by atoms with E-state index in [-0.39, 0.29) is 11.0 Å². The molecule has 0 unspecified atom stereocenters. The van der Waals surface area contributed by atoms with E-state index in [0.29, 0.717) is 5.88 Å². The molecule has 110 valence electrons. The molecular formula is C15H23ClN4. The monoisotopic (exact) mass is 294 g/mol. The van der Waals surface area contributed by atoms with E-state index < -0.39 is 0 Å². The number of rotatable bonds is 4. The molecule has 0 amide bonds. The topological polar surface area (TPSA) is 42.2 Å². The maximum Gasteiger partial charge on any atom is 0.152 e. The van der Waals surface area contributed by atoms with Crippen molar-refractivity contribution in [3.05, 3.63) is 24.2 Å². The van der Waals surface area contributed by atoms with Crippen LogP contribution in [-0.4, -0.2) is 26.0 Å². The SMILES string of the molecule is CC(C)(CCCl)Nc1nccn2nc(C(C)(C)C)cc12. The van der Waals surface area contributed by atoms with Gasteiger partial charge in [0.05, 0.1) is 5.69 Å². The van der Waals surface area contributed by atoms with Gasteiger partial charge in [0, 0.05) is 29.2 Å². The first kappa shape index (κ1) is 15.1. The molecule has 0 bridgehead atoms. The van der Waals surface area contributed by atoms with Gasteiger partial charge < -0.3 is 5.32 Å². The number of alkyl halides is 1. The van der Waals surface area contributed by atoms with E-state index in [9.17, 15) is 0 Å². The highest BCUT2D eigenvalue weighted by Gasteiger charge is 2.22. The van der Waals surface area contributed by atoms with Gasteiger partial charge in [0.1, 0.15) is 5.52 Å². The summed E-state index contributed by atoms with van der Waals surface area (Å²) in [6, 6.07) is 2.10. The maximum atomic E-state index is 5.86.